The van der Waals surface area contributed by atoms with Gasteiger partial charge in [0.15, 0.2) is 0 Å². The Morgan fingerprint density at radius 3 is 2.69 bits per heavy atom. The van der Waals surface area contributed by atoms with Crippen molar-refractivity contribution in [1.82, 2.24) is 0 Å². The Balaban J connectivity index is 3.92. The molecule has 0 radical (unpaired) electrons. The van der Waals surface area contributed by atoms with Crippen LogP contribution >= 0.6 is 0 Å². The van der Waals surface area contributed by atoms with Crippen LogP contribution in [0.3, 0.4) is 0 Å². The van der Waals surface area contributed by atoms with Crippen molar-refractivity contribution in [1.29, 1.82) is 0 Å². The summed E-state index contributed by atoms with van der Waals surface area (Å²) in [4.78, 5) is 10.9. The van der Waals surface area contributed by atoms with E-state index in [1.165, 1.54) is 0 Å². The molecule has 0 bridgehead atoms. The molecule has 3 heteroatoms. The molecular formula is C10H18O3. The molecular weight excluding hydrogens is 168 g/mol. The highest BCUT2D eigenvalue weighted by Gasteiger charge is 2.13. The number of rotatable bonds is 6. The molecule has 76 valence electrons. The molecule has 0 saturated heterocycles. The van der Waals surface area contributed by atoms with Crippen molar-refractivity contribution in [3.63, 3.8) is 0 Å². The van der Waals surface area contributed by atoms with Gasteiger partial charge in [-0.2, -0.15) is 0 Å². The maximum atomic E-state index is 10.9. The maximum absolute atomic E-state index is 10.9. The van der Waals surface area contributed by atoms with Crippen molar-refractivity contribution >= 4 is 5.97 Å². The average Bonchev–Trinajstić information content (AvgIpc) is 2.03. The zero-order chi connectivity index (χ0) is 10.3. The van der Waals surface area contributed by atoms with E-state index < -0.39 is 12.1 Å². The summed E-state index contributed by atoms with van der Waals surface area (Å²) in [5.41, 5.74) is 0. The first-order chi connectivity index (χ1) is 6.10. The van der Waals surface area contributed by atoms with Crippen LogP contribution in [0.1, 0.15) is 33.1 Å². The monoisotopic (exact) mass is 186 g/mol. The van der Waals surface area contributed by atoms with Gasteiger partial charge in [-0.15, -0.1) is 0 Å². The molecule has 0 amide bonds. The molecule has 0 aliphatic carbocycles. The van der Waals surface area contributed by atoms with Gasteiger partial charge in [0.2, 0.25) is 0 Å². The third kappa shape index (κ3) is 6.34. The Morgan fingerprint density at radius 1 is 1.69 bits per heavy atom. The van der Waals surface area contributed by atoms with Gasteiger partial charge in [-0.25, -0.2) is 4.79 Å². The predicted octanol–water partition coefficient (Wildman–Crippen LogP) is 1.66. The zero-order valence-corrected chi connectivity index (χ0v) is 8.32. The lowest BCUT2D eigenvalue weighted by molar-refractivity contribution is -0.144. The van der Waals surface area contributed by atoms with Crippen LogP contribution in [0.25, 0.3) is 0 Å². The summed E-state index contributed by atoms with van der Waals surface area (Å²) in [6.45, 7) is 7.01. The molecule has 0 fully saturated rings. The van der Waals surface area contributed by atoms with Crippen molar-refractivity contribution in [2.75, 3.05) is 0 Å². The largest absolute Gasteiger partial charge is 0.459 e. The highest BCUT2D eigenvalue weighted by molar-refractivity contribution is 5.81. The van der Waals surface area contributed by atoms with Crippen molar-refractivity contribution in [2.45, 2.75) is 45.3 Å². The molecule has 0 spiro atoms. The second-order valence-corrected chi connectivity index (χ2v) is 3.14. The van der Waals surface area contributed by atoms with Crippen molar-refractivity contribution in [3.8, 4) is 0 Å². The number of ether oxygens (including phenoxy) is 1. The fourth-order valence-corrected chi connectivity index (χ4v) is 1.14. The van der Waals surface area contributed by atoms with Crippen molar-refractivity contribution < 1.29 is 14.6 Å². The fourth-order valence-electron chi connectivity index (χ4n) is 1.14. The Labute approximate surface area is 79.4 Å². The first-order valence-corrected chi connectivity index (χ1v) is 4.61. The molecule has 3 nitrogen and oxygen atoms in total. The second-order valence-electron chi connectivity index (χ2n) is 3.14. The van der Waals surface area contributed by atoms with Gasteiger partial charge in [0.25, 0.3) is 0 Å². The Kier molecular flexibility index (Phi) is 6.24. The lowest BCUT2D eigenvalue weighted by Gasteiger charge is -2.17. The van der Waals surface area contributed by atoms with E-state index >= 15 is 0 Å². The SMILES string of the molecule is C=CC(=O)OC(CCC)CC(C)O. The summed E-state index contributed by atoms with van der Waals surface area (Å²) in [6.07, 6.45) is 2.73. The number of aliphatic hydroxyl groups is 1. The summed E-state index contributed by atoms with van der Waals surface area (Å²) in [7, 11) is 0. The summed E-state index contributed by atoms with van der Waals surface area (Å²) in [5, 5.41) is 9.12. The van der Waals surface area contributed by atoms with Gasteiger partial charge in [0.1, 0.15) is 6.10 Å². The van der Waals surface area contributed by atoms with Gasteiger partial charge < -0.3 is 9.84 Å². The summed E-state index contributed by atoms with van der Waals surface area (Å²) in [5.74, 6) is -0.417. The van der Waals surface area contributed by atoms with Crippen LogP contribution in [0.2, 0.25) is 0 Å². The summed E-state index contributed by atoms with van der Waals surface area (Å²) < 4.78 is 5.03. The highest BCUT2D eigenvalue weighted by atomic mass is 16.5. The molecule has 13 heavy (non-hydrogen) atoms. The highest BCUT2D eigenvalue weighted by Crippen LogP contribution is 2.09. The molecule has 0 aromatic heterocycles. The molecule has 0 saturated carbocycles. The standard InChI is InChI=1S/C10H18O3/c1-4-6-9(7-8(3)11)13-10(12)5-2/h5,8-9,11H,2,4,6-7H2,1,3H3. The molecule has 2 atom stereocenters. The number of esters is 1. The molecule has 0 heterocycles. The van der Waals surface area contributed by atoms with E-state index in [1.807, 2.05) is 6.92 Å². The molecule has 0 aromatic carbocycles. The fraction of sp³-hybridized carbons (Fsp3) is 0.700. The topological polar surface area (TPSA) is 46.5 Å². The Morgan fingerprint density at radius 2 is 2.31 bits per heavy atom. The number of hydrogen-bond donors (Lipinski definition) is 1. The average molecular weight is 186 g/mol. The normalized spacial score (nSPS) is 14.7. The minimum Gasteiger partial charge on any atom is -0.459 e. The van der Waals surface area contributed by atoms with Crippen molar-refractivity contribution in [2.24, 2.45) is 0 Å². The van der Waals surface area contributed by atoms with Crippen LogP contribution in [0, 0.1) is 0 Å². The van der Waals surface area contributed by atoms with Gasteiger partial charge in [-0.1, -0.05) is 19.9 Å². The third-order valence-corrected chi connectivity index (χ3v) is 1.66. The molecule has 0 rings (SSSR count). The molecule has 0 aromatic rings. The summed E-state index contributed by atoms with van der Waals surface area (Å²) in [6, 6.07) is 0. The first kappa shape index (κ1) is 12.2. The van der Waals surface area contributed by atoms with Crippen LogP contribution in [-0.4, -0.2) is 23.3 Å². The van der Waals surface area contributed by atoms with Crippen LogP contribution in [0.15, 0.2) is 12.7 Å². The van der Waals surface area contributed by atoms with Gasteiger partial charge >= 0.3 is 5.97 Å². The van der Waals surface area contributed by atoms with Gasteiger partial charge in [-0.3, -0.25) is 0 Å². The summed E-state index contributed by atoms with van der Waals surface area (Å²) >= 11 is 0. The van der Waals surface area contributed by atoms with E-state index in [1.54, 1.807) is 6.92 Å². The molecule has 0 aliphatic heterocycles. The lowest BCUT2D eigenvalue weighted by Crippen LogP contribution is -2.21. The van der Waals surface area contributed by atoms with Crippen LogP contribution in [0.4, 0.5) is 0 Å². The van der Waals surface area contributed by atoms with E-state index in [2.05, 4.69) is 6.58 Å². The van der Waals surface area contributed by atoms with Gasteiger partial charge in [0, 0.05) is 12.5 Å². The second kappa shape index (κ2) is 6.66. The molecule has 1 N–H and O–H groups in total. The van der Waals surface area contributed by atoms with Gasteiger partial charge in [0.05, 0.1) is 6.10 Å². The van der Waals surface area contributed by atoms with E-state index in [9.17, 15) is 4.79 Å². The Bertz CT molecular complexity index is 164. The van der Waals surface area contributed by atoms with Gasteiger partial charge in [-0.05, 0) is 13.3 Å². The van der Waals surface area contributed by atoms with Crippen LogP contribution in [0.5, 0.6) is 0 Å². The Hall–Kier alpha value is -0.830. The van der Waals surface area contributed by atoms with E-state index in [4.69, 9.17) is 9.84 Å². The maximum Gasteiger partial charge on any atom is 0.330 e. The van der Waals surface area contributed by atoms with E-state index in [-0.39, 0.29) is 6.10 Å². The third-order valence-electron chi connectivity index (χ3n) is 1.66. The van der Waals surface area contributed by atoms with Crippen LogP contribution in [-0.2, 0) is 9.53 Å². The van der Waals surface area contributed by atoms with E-state index in [0.29, 0.717) is 6.42 Å². The minimum absolute atomic E-state index is 0.185. The van der Waals surface area contributed by atoms with E-state index in [0.717, 1.165) is 18.9 Å². The first-order valence-electron chi connectivity index (χ1n) is 4.61. The number of carbonyl (C=O) groups is 1. The van der Waals surface area contributed by atoms with Crippen LogP contribution < -0.4 is 0 Å². The molecule has 0 aliphatic rings. The quantitative estimate of drug-likeness (QED) is 0.507. The minimum atomic E-state index is -0.436. The molecule has 2 unspecified atom stereocenters. The predicted molar refractivity (Wildman–Crippen MR) is 51.3 cm³/mol. The number of carbonyl (C=O) groups excluding carboxylic acids is 1. The number of hydrogen-bond acceptors (Lipinski definition) is 3. The zero-order valence-electron chi connectivity index (χ0n) is 8.32. The van der Waals surface area contributed by atoms with Crippen molar-refractivity contribution in [3.05, 3.63) is 12.7 Å². The lowest BCUT2D eigenvalue weighted by atomic mass is 10.1. The smallest absolute Gasteiger partial charge is 0.330 e. The number of aliphatic hydroxyl groups excluding tert-OH is 1.